The summed E-state index contributed by atoms with van der Waals surface area (Å²) in [5.74, 6) is 3.40. The average Bonchev–Trinajstić information content (AvgIpc) is 2.67. The zero-order valence-electron chi connectivity index (χ0n) is 14.2. The minimum atomic E-state index is -0.230. The molecule has 26 heavy (non-hydrogen) atoms. The fourth-order valence-corrected chi connectivity index (χ4v) is 2.34. The van der Waals surface area contributed by atoms with Gasteiger partial charge in [0.05, 0.1) is 11.7 Å². The van der Waals surface area contributed by atoms with Crippen LogP contribution in [-0.4, -0.2) is 20.9 Å². The summed E-state index contributed by atoms with van der Waals surface area (Å²) in [5, 5.41) is 6.71. The fraction of sp³-hybridized carbons (Fsp3) is 0.100. The molecule has 0 radical (unpaired) electrons. The number of carbonyl (C=O) groups is 1. The molecular weight excluding hydrogens is 326 g/mol. The summed E-state index contributed by atoms with van der Waals surface area (Å²) in [6.07, 6.45) is 12.6. The molecule has 0 aliphatic heterocycles. The van der Waals surface area contributed by atoms with Gasteiger partial charge in [-0.3, -0.25) is 4.79 Å². The van der Waals surface area contributed by atoms with Gasteiger partial charge in [0.1, 0.15) is 18.0 Å². The van der Waals surface area contributed by atoms with Crippen molar-refractivity contribution >= 4 is 34.1 Å². The Bertz CT molecular complexity index is 1020. The molecule has 1 aromatic carbocycles. The van der Waals surface area contributed by atoms with Gasteiger partial charge in [0.2, 0.25) is 5.91 Å². The Hall–Kier alpha value is -3.72. The van der Waals surface area contributed by atoms with Crippen LogP contribution < -0.4 is 10.6 Å². The van der Waals surface area contributed by atoms with Crippen LogP contribution in [0.1, 0.15) is 18.9 Å². The molecule has 3 rings (SSSR count). The number of nitrogens with one attached hydrogen (secondary N) is 2. The summed E-state index contributed by atoms with van der Waals surface area (Å²) >= 11 is 0. The van der Waals surface area contributed by atoms with E-state index in [0.717, 1.165) is 23.1 Å². The molecule has 0 unspecified atom stereocenters. The third-order valence-corrected chi connectivity index (χ3v) is 3.57. The zero-order chi connectivity index (χ0) is 18.4. The number of hydrogen-bond donors (Lipinski definition) is 2. The monoisotopic (exact) mass is 343 g/mol. The number of nitrogens with zero attached hydrogens (tertiary/aromatic N) is 3. The largest absolute Gasteiger partial charge is 0.340 e. The summed E-state index contributed by atoms with van der Waals surface area (Å²) in [6, 6.07) is 9.21. The molecule has 1 amide bonds. The van der Waals surface area contributed by atoms with Gasteiger partial charge < -0.3 is 10.6 Å². The van der Waals surface area contributed by atoms with Crippen molar-refractivity contribution in [2.75, 3.05) is 10.6 Å². The smallest absolute Gasteiger partial charge is 0.249 e. The van der Waals surface area contributed by atoms with Crippen LogP contribution in [0.2, 0.25) is 0 Å². The summed E-state index contributed by atoms with van der Waals surface area (Å²) in [7, 11) is 0. The Morgan fingerprint density at radius 1 is 1.27 bits per heavy atom. The van der Waals surface area contributed by atoms with Crippen molar-refractivity contribution in [1.29, 1.82) is 0 Å². The highest BCUT2D eigenvalue weighted by molar-refractivity contribution is 6.00. The van der Waals surface area contributed by atoms with Gasteiger partial charge in [-0.15, -0.1) is 6.42 Å². The van der Waals surface area contributed by atoms with E-state index >= 15 is 0 Å². The Kier molecular flexibility index (Phi) is 5.20. The van der Waals surface area contributed by atoms with E-state index in [1.807, 2.05) is 31.2 Å². The van der Waals surface area contributed by atoms with E-state index in [0.29, 0.717) is 17.2 Å². The highest BCUT2D eigenvalue weighted by Crippen LogP contribution is 2.24. The van der Waals surface area contributed by atoms with Gasteiger partial charge >= 0.3 is 0 Å². The van der Waals surface area contributed by atoms with Gasteiger partial charge in [0.15, 0.2) is 0 Å². The first-order valence-electron chi connectivity index (χ1n) is 8.11. The van der Waals surface area contributed by atoms with Crippen LogP contribution in [0.4, 0.5) is 17.3 Å². The molecule has 0 aliphatic rings. The number of allylic oxidation sites excluding steroid dienone is 1. The maximum absolute atomic E-state index is 11.9. The van der Waals surface area contributed by atoms with Crippen molar-refractivity contribution in [3.63, 3.8) is 0 Å². The maximum atomic E-state index is 11.9. The van der Waals surface area contributed by atoms with Crippen LogP contribution in [-0.2, 0) is 4.79 Å². The molecule has 0 saturated carbocycles. The van der Waals surface area contributed by atoms with Gasteiger partial charge in [-0.05, 0) is 36.8 Å². The quantitative estimate of drug-likeness (QED) is 0.546. The molecule has 2 heterocycles. The second-order valence-corrected chi connectivity index (χ2v) is 5.46. The van der Waals surface area contributed by atoms with Gasteiger partial charge in [-0.25, -0.2) is 15.0 Å². The highest BCUT2D eigenvalue weighted by Gasteiger charge is 2.08. The number of amides is 1. The van der Waals surface area contributed by atoms with Crippen LogP contribution in [0.25, 0.3) is 10.9 Å². The maximum Gasteiger partial charge on any atom is 0.249 e. The normalized spacial score (nSPS) is 10.6. The second kappa shape index (κ2) is 7.90. The summed E-state index contributed by atoms with van der Waals surface area (Å²) in [6.45, 7) is 1.96. The Morgan fingerprint density at radius 3 is 2.96 bits per heavy atom. The predicted octanol–water partition coefficient (Wildman–Crippen LogP) is 3.65. The predicted molar refractivity (Wildman–Crippen MR) is 103 cm³/mol. The number of rotatable bonds is 5. The van der Waals surface area contributed by atoms with Crippen molar-refractivity contribution in [2.24, 2.45) is 0 Å². The molecule has 0 atom stereocenters. The molecule has 128 valence electrons. The molecule has 0 bridgehead atoms. The Morgan fingerprint density at radius 2 is 2.15 bits per heavy atom. The van der Waals surface area contributed by atoms with Gasteiger partial charge in [0, 0.05) is 16.6 Å². The highest BCUT2D eigenvalue weighted by atomic mass is 16.1. The lowest BCUT2D eigenvalue weighted by molar-refractivity contribution is -0.111. The minimum Gasteiger partial charge on any atom is -0.340 e. The SMILES string of the molecule is C#Cc1cccc(Nc2ncnc3cnc(NC(=O)/C=C/CC)cc23)c1. The first kappa shape index (κ1) is 17.1. The van der Waals surface area contributed by atoms with E-state index in [9.17, 15) is 4.79 Å². The van der Waals surface area contributed by atoms with Crippen molar-refractivity contribution in [3.05, 3.63) is 60.6 Å². The molecule has 0 saturated heterocycles. The topological polar surface area (TPSA) is 79.8 Å². The number of fused-ring (bicyclic) bond motifs is 1. The lowest BCUT2D eigenvalue weighted by Crippen LogP contribution is -2.09. The number of hydrogen-bond acceptors (Lipinski definition) is 5. The van der Waals surface area contributed by atoms with E-state index in [4.69, 9.17) is 6.42 Å². The van der Waals surface area contributed by atoms with Crippen molar-refractivity contribution in [1.82, 2.24) is 15.0 Å². The first-order chi connectivity index (χ1) is 12.7. The minimum absolute atomic E-state index is 0.230. The van der Waals surface area contributed by atoms with Gasteiger partial charge in [-0.1, -0.05) is 25.0 Å². The van der Waals surface area contributed by atoms with Crippen LogP contribution >= 0.6 is 0 Å². The molecule has 0 spiro atoms. The molecule has 3 aromatic rings. The first-order valence-corrected chi connectivity index (χ1v) is 8.11. The number of carbonyl (C=O) groups excluding carboxylic acids is 1. The summed E-state index contributed by atoms with van der Waals surface area (Å²) in [5.41, 5.74) is 2.25. The molecular formula is C20H17N5O. The standard InChI is InChI=1S/C20H17N5O/c1-3-5-9-19(26)25-18-11-16-17(12-21-18)22-13-23-20(16)24-15-8-6-7-14(4-2)10-15/h2,5-13H,3H2,1H3,(H,21,25,26)(H,22,23,24)/b9-5+. The third-order valence-electron chi connectivity index (χ3n) is 3.57. The third kappa shape index (κ3) is 4.02. The summed E-state index contributed by atoms with van der Waals surface area (Å²) in [4.78, 5) is 24.6. The van der Waals surface area contributed by atoms with E-state index in [1.165, 1.54) is 12.4 Å². The van der Waals surface area contributed by atoms with Crippen LogP contribution in [0, 0.1) is 12.3 Å². The Labute approximate surface area is 151 Å². The molecule has 6 heteroatoms. The van der Waals surface area contributed by atoms with E-state index in [1.54, 1.807) is 18.3 Å². The Balaban J connectivity index is 1.92. The fourth-order valence-electron chi connectivity index (χ4n) is 2.34. The number of anilines is 3. The zero-order valence-corrected chi connectivity index (χ0v) is 14.2. The van der Waals surface area contributed by atoms with E-state index in [-0.39, 0.29) is 5.91 Å². The molecule has 6 nitrogen and oxygen atoms in total. The van der Waals surface area contributed by atoms with Crippen LogP contribution in [0.5, 0.6) is 0 Å². The number of pyridine rings is 1. The number of aromatic nitrogens is 3. The van der Waals surface area contributed by atoms with Crippen molar-refractivity contribution < 1.29 is 4.79 Å². The lowest BCUT2D eigenvalue weighted by Gasteiger charge is -2.10. The van der Waals surface area contributed by atoms with Crippen LogP contribution in [0.15, 0.2) is 55.0 Å². The molecule has 2 aromatic heterocycles. The molecule has 0 aliphatic carbocycles. The van der Waals surface area contributed by atoms with Crippen molar-refractivity contribution in [2.45, 2.75) is 13.3 Å². The number of benzene rings is 1. The van der Waals surface area contributed by atoms with E-state index in [2.05, 4.69) is 31.5 Å². The summed E-state index contributed by atoms with van der Waals surface area (Å²) < 4.78 is 0. The van der Waals surface area contributed by atoms with Gasteiger partial charge in [-0.2, -0.15) is 0 Å². The molecule has 2 N–H and O–H groups in total. The van der Waals surface area contributed by atoms with Crippen molar-refractivity contribution in [3.8, 4) is 12.3 Å². The van der Waals surface area contributed by atoms with Gasteiger partial charge in [0.25, 0.3) is 0 Å². The average molecular weight is 343 g/mol. The van der Waals surface area contributed by atoms with Crippen LogP contribution in [0.3, 0.4) is 0 Å². The molecule has 0 fully saturated rings. The lowest BCUT2D eigenvalue weighted by atomic mass is 10.2. The second-order valence-electron chi connectivity index (χ2n) is 5.46. The number of terminal acetylenes is 1. The van der Waals surface area contributed by atoms with E-state index < -0.39 is 0 Å².